The lowest BCUT2D eigenvalue weighted by Gasteiger charge is -2.25. The van der Waals surface area contributed by atoms with Crippen LogP contribution >= 0.6 is 0 Å². The number of anilines is 1. The molecule has 3 rings (SSSR count). The van der Waals surface area contributed by atoms with Crippen molar-refractivity contribution in [1.82, 2.24) is 0 Å². The van der Waals surface area contributed by atoms with Crippen LogP contribution in [0.4, 0.5) is 5.69 Å². The quantitative estimate of drug-likeness (QED) is 0.861. The molecule has 4 nitrogen and oxygen atoms in total. The number of carbonyl (C=O) groups is 1. The SMILES string of the molecule is NC(=O)C1CNc2ccc(-c3ccccc3)cc2O1. The molecule has 1 heterocycles. The van der Waals surface area contributed by atoms with Gasteiger partial charge in [-0.05, 0) is 23.3 Å². The van der Waals surface area contributed by atoms with E-state index in [1.54, 1.807) is 0 Å². The minimum Gasteiger partial charge on any atom is -0.477 e. The summed E-state index contributed by atoms with van der Waals surface area (Å²) in [7, 11) is 0. The Hall–Kier alpha value is -2.49. The van der Waals surface area contributed by atoms with E-state index in [4.69, 9.17) is 10.5 Å². The van der Waals surface area contributed by atoms with Gasteiger partial charge in [-0.1, -0.05) is 36.4 Å². The fraction of sp³-hybridized carbons (Fsp3) is 0.133. The van der Waals surface area contributed by atoms with Gasteiger partial charge in [0.2, 0.25) is 0 Å². The molecular weight excluding hydrogens is 240 g/mol. The number of amides is 1. The number of carbonyl (C=O) groups excluding carboxylic acids is 1. The normalized spacial score (nSPS) is 16.9. The van der Waals surface area contributed by atoms with Crippen LogP contribution in [-0.4, -0.2) is 18.6 Å². The van der Waals surface area contributed by atoms with Gasteiger partial charge in [0.15, 0.2) is 6.10 Å². The lowest BCUT2D eigenvalue weighted by atomic mass is 10.0. The molecule has 1 amide bonds. The fourth-order valence-electron chi connectivity index (χ4n) is 2.13. The Morgan fingerprint density at radius 1 is 1.16 bits per heavy atom. The lowest BCUT2D eigenvalue weighted by Crippen LogP contribution is -2.41. The molecule has 0 aliphatic carbocycles. The van der Waals surface area contributed by atoms with Crippen molar-refractivity contribution in [1.29, 1.82) is 0 Å². The molecule has 19 heavy (non-hydrogen) atoms. The van der Waals surface area contributed by atoms with Crippen molar-refractivity contribution in [2.75, 3.05) is 11.9 Å². The van der Waals surface area contributed by atoms with E-state index in [0.29, 0.717) is 12.3 Å². The molecule has 2 aromatic rings. The fourth-order valence-corrected chi connectivity index (χ4v) is 2.13. The molecule has 0 saturated heterocycles. The molecule has 1 aliphatic rings. The van der Waals surface area contributed by atoms with Crippen molar-refractivity contribution in [2.24, 2.45) is 5.73 Å². The van der Waals surface area contributed by atoms with Crippen molar-refractivity contribution in [3.63, 3.8) is 0 Å². The van der Waals surface area contributed by atoms with E-state index in [0.717, 1.165) is 16.8 Å². The minimum absolute atomic E-state index is 0.410. The smallest absolute Gasteiger partial charge is 0.260 e. The van der Waals surface area contributed by atoms with E-state index in [1.807, 2.05) is 48.5 Å². The van der Waals surface area contributed by atoms with Crippen LogP contribution in [0.5, 0.6) is 5.75 Å². The van der Waals surface area contributed by atoms with Crippen molar-refractivity contribution >= 4 is 11.6 Å². The number of hydrogen-bond acceptors (Lipinski definition) is 3. The van der Waals surface area contributed by atoms with Gasteiger partial charge in [0, 0.05) is 0 Å². The third-order valence-electron chi connectivity index (χ3n) is 3.15. The van der Waals surface area contributed by atoms with Crippen LogP contribution in [0.3, 0.4) is 0 Å². The van der Waals surface area contributed by atoms with Gasteiger partial charge >= 0.3 is 0 Å². The summed E-state index contributed by atoms with van der Waals surface area (Å²) in [6.45, 7) is 0.410. The zero-order valence-electron chi connectivity index (χ0n) is 10.3. The van der Waals surface area contributed by atoms with Crippen molar-refractivity contribution in [3.05, 3.63) is 48.5 Å². The molecule has 0 radical (unpaired) electrons. The van der Waals surface area contributed by atoms with Gasteiger partial charge in [-0.15, -0.1) is 0 Å². The van der Waals surface area contributed by atoms with Gasteiger partial charge in [-0.2, -0.15) is 0 Å². The highest BCUT2D eigenvalue weighted by molar-refractivity contribution is 5.82. The average Bonchev–Trinajstić information content (AvgIpc) is 2.47. The second-order valence-electron chi connectivity index (χ2n) is 4.47. The summed E-state index contributed by atoms with van der Waals surface area (Å²) >= 11 is 0. The van der Waals surface area contributed by atoms with Crippen LogP contribution in [0, 0.1) is 0 Å². The molecule has 1 unspecified atom stereocenters. The molecular formula is C15H14N2O2. The summed E-state index contributed by atoms with van der Waals surface area (Å²) < 4.78 is 5.62. The third-order valence-corrected chi connectivity index (χ3v) is 3.15. The van der Waals surface area contributed by atoms with Gasteiger partial charge in [0.05, 0.1) is 12.2 Å². The lowest BCUT2D eigenvalue weighted by molar-refractivity contribution is -0.124. The predicted octanol–water partition coefficient (Wildman–Crippen LogP) is 2.01. The van der Waals surface area contributed by atoms with E-state index in [2.05, 4.69) is 5.32 Å². The molecule has 0 spiro atoms. The summed E-state index contributed by atoms with van der Waals surface area (Å²) in [5.74, 6) is 0.208. The van der Waals surface area contributed by atoms with E-state index in [-0.39, 0.29) is 0 Å². The van der Waals surface area contributed by atoms with Crippen molar-refractivity contribution < 1.29 is 9.53 Å². The number of nitrogens with one attached hydrogen (secondary N) is 1. The molecule has 0 aromatic heterocycles. The van der Waals surface area contributed by atoms with E-state index in [1.165, 1.54) is 0 Å². The highest BCUT2D eigenvalue weighted by atomic mass is 16.5. The van der Waals surface area contributed by atoms with Crippen molar-refractivity contribution in [2.45, 2.75) is 6.10 Å². The van der Waals surface area contributed by atoms with E-state index < -0.39 is 12.0 Å². The number of rotatable bonds is 2. The summed E-state index contributed by atoms with van der Waals surface area (Å²) in [4.78, 5) is 11.2. The average molecular weight is 254 g/mol. The Labute approximate surface area is 111 Å². The highest BCUT2D eigenvalue weighted by Gasteiger charge is 2.23. The topological polar surface area (TPSA) is 64.4 Å². The number of hydrogen-bond donors (Lipinski definition) is 2. The monoisotopic (exact) mass is 254 g/mol. The Bertz CT molecular complexity index is 611. The molecule has 0 bridgehead atoms. The van der Waals surface area contributed by atoms with Crippen LogP contribution in [0.1, 0.15) is 0 Å². The van der Waals surface area contributed by atoms with Crippen molar-refractivity contribution in [3.8, 4) is 16.9 Å². The second kappa shape index (κ2) is 4.65. The molecule has 0 fully saturated rings. The van der Waals surface area contributed by atoms with Crippen LogP contribution in [-0.2, 0) is 4.79 Å². The first-order valence-corrected chi connectivity index (χ1v) is 6.13. The Morgan fingerprint density at radius 2 is 1.95 bits per heavy atom. The summed E-state index contributed by atoms with van der Waals surface area (Å²) in [5, 5.41) is 3.15. The third kappa shape index (κ3) is 2.25. The number of nitrogens with two attached hydrogens (primary N) is 1. The maximum atomic E-state index is 11.2. The van der Waals surface area contributed by atoms with E-state index in [9.17, 15) is 4.79 Å². The highest BCUT2D eigenvalue weighted by Crippen LogP contribution is 2.33. The van der Waals surface area contributed by atoms with Gasteiger partial charge in [-0.3, -0.25) is 4.79 Å². The zero-order valence-corrected chi connectivity index (χ0v) is 10.3. The number of ether oxygens (including phenoxy) is 1. The number of primary amides is 1. The van der Waals surface area contributed by atoms with Gasteiger partial charge in [-0.25, -0.2) is 0 Å². The Balaban J connectivity index is 1.95. The number of fused-ring (bicyclic) bond motifs is 1. The van der Waals surface area contributed by atoms with Crippen LogP contribution in [0.15, 0.2) is 48.5 Å². The van der Waals surface area contributed by atoms with Gasteiger partial charge in [0.25, 0.3) is 5.91 Å². The first kappa shape index (κ1) is 11.6. The van der Waals surface area contributed by atoms with Gasteiger partial charge < -0.3 is 15.8 Å². The molecule has 1 atom stereocenters. The maximum Gasteiger partial charge on any atom is 0.260 e. The summed E-state index contributed by atoms with van der Waals surface area (Å²) in [6.07, 6.45) is -0.612. The van der Waals surface area contributed by atoms with E-state index >= 15 is 0 Å². The first-order valence-electron chi connectivity index (χ1n) is 6.13. The van der Waals surface area contributed by atoms with Crippen LogP contribution in [0.25, 0.3) is 11.1 Å². The molecule has 4 heteroatoms. The Morgan fingerprint density at radius 3 is 2.68 bits per heavy atom. The zero-order chi connectivity index (χ0) is 13.2. The van der Waals surface area contributed by atoms with Gasteiger partial charge in [0.1, 0.15) is 5.75 Å². The molecule has 2 aromatic carbocycles. The van der Waals surface area contributed by atoms with Crippen LogP contribution in [0.2, 0.25) is 0 Å². The van der Waals surface area contributed by atoms with Crippen LogP contribution < -0.4 is 15.8 Å². The molecule has 1 aliphatic heterocycles. The maximum absolute atomic E-state index is 11.2. The first-order chi connectivity index (χ1) is 9.24. The summed E-state index contributed by atoms with van der Waals surface area (Å²) in [6, 6.07) is 15.9. The minimum atomic E-state index is -0.612. The molecule has 96 valence electrons. The predicted molar refractivity (Wildman–Crippen MR) is 74.0 cm³/mol. The Kier molecular flexibility index (Phi) is 2.83. The largest absolute Gasteiger partial charge is 0.477 e. The number of benzene rings is 2. The standard InChI is InChI=1S/C15H14N2O2/c16-15(18)14-9-17-12-7-6-11(8-13(12)19-14)10-4-2-1-3-5-10/h1-8,14,17H,9H2,(H2,16,18). The second-order valence-corrected chi connectivity index (χ2v) is 4.47. The molecule has 0 saturated carbocycles. The molecule has 3 N–H and O–H groups in total. The summed E-state index contributed by atoms with van der Waals surface area (Å²) in [5.41, 5.74) is 8.31.